The van der Waals surface area contributed by atoms with Gasteiger partial charge in [0, 0.05) is 16.6 Å². The number of carbonyl (C=O) groups is 1. The van der Waals surface area contributed by atoms with Gasteiger partial charge >= 0.3 is 5.97 Å². The summed E-state index contributed by atoms with van der Waals surface area (Å²) in [6.07, 6.45) is 2.03. The minimum atomic E-state index is -0.858. The number of hydrogen-bond donors (Lipinski definition) is 1. The molecule has 18 heavy (non-hydrogen) atoms. The Bertz CT molecular complexity index is 711. The number of rotatable bonds is 3. The Morgan fingerprint density at radius 1 is 1.17 bits per heavy atom. The molecule has 0 radical (unpaired) electrons. The van der Waals surface area contributed by atoms with E-state index < -0.39 is 5.97 Å². The van der Waals surface area contributed by atoms with Gasteiger partial charge in [-0.2, -0.15) is 0 Å². The Balaban J connectivity index is 1.93. The predicted molar refractivity (Wildman–Crippen MR) is 72.3 cm³/mol. The summed E-state index contributed by atoms with van der Waals surface area (Å²) in [4.78, 5) is 12.3. The number of aromatic nitrogens is 1. The molecule has 3 aromatic rings. The van der Waals surface area contributed by atoms with Crippen LogP contribution in [0.15, 0.2) is 48.7 Å². The average Bonchev–Trinajstić information content (AvgIpc) is 2.98. The second kappa shape index (κ2) is 4.31. The highest BCUT2D eigenvalue weighted by Gasteiger charge is 2.08. The molecule has 0 aliphatic rings. The van der Waals surface area contributed by atoms with E-state index in [1.807, 2.05) is 24.4 Å². The van der Waals surface area contributed by atoms with Gasteiger partial charge in [-0.05, 0) is 29.7 Å². The van der Waals surface area contributed by atoms with Gasteiger partial charge in [-0.25, -0.2) is 4.79 Å². The van der Waals surface area contributed by atoms with E-state index in [0.29, 0.717) is 11.4 Å². The molecule has 0 fully saturated rings. The second-order valence-corrected chi connectivity index (χ2v) is 5.24. The van der Waals surface area contributed by atoms with Gasteiger partial charge in [0.1, 0.15) is 4.88 Å². The van der Waals surface area contributed by atoms with E-state index in [4.69, 9.17) is 5.11 Å². The van der Waals surface area contributed by atoms with Crippen molar-refractivity contribution >= 4 is 28.2 Å². The molecule has 1 aromatic carbocycles. The van der Waals surface area contributed by atoms with E-state index >= 15 is 0 Å². The molecule has 0 bridgehead atoms. The SMILES string of the molecule is O=C(O)c1ccc(Cn2ccc3ccccc32)s1. The number of aromatic carboxylic acids is 1. The van der Waals surface area contributed by atoms with Gasteiger partial charge < -0.3 is 9.67 Å². The predicted octanol–water partition coefficient (Wildman–Crippen LogP) is 3.45. The summed E-state index contributed by atoms with van der Waals surface area (Å²) < 4.78 is 2.13. The zero-order valence-electron chi connectivity index (χ0n) is 9.54. The molecule has 3 nitrogen and oxygen atoms in total. The lowest BCUT2D eigenvalue weighted by atomic mass is 10.2. The van der Waals surface area contributed by atoms with Crippen molar-refractivity contribution in [2.75, 3.05) is 0 Å². The summed E-state index contributed by atoms with van der Waals surface area (Å²) >= 11 is 1.33. The van der Waals surface area contributed by atoms with E-state index in [-0.39, 0.29) is 0 Å². The summed E-state index contributed by atoms with van der Waals surface area (Å²) in [6.45, 7) is 0.714. The lowest BCUT2D eigenvalue weighted by molar-refractivity contribution is 0.0702. The number of carboxylic acids is 1. The average molecular weight is 257 g/mol. The standard InChI is InChI=1S/C14H11NO2S/c16-14(17)13-6-5-11(18-13)9-15-8-7-10-3-1-2-4-12(10)15/h1-8H,9H2,(H,16,17). The Kier molecular flexibility index (Phi) is 2.64. The van der Waals surface area contributed by atoms with Gasteiger partial charge in [0.15, 0.2) is 0 Å². The Morgan fingerprint density at radius 3 is 2.78 bits per heavy atom. The normalized spacial score (nSPS) is 10.9. The van der Waals surface area contributed by atoms with E-state index in [0.717, 1.165) is 4.88 Å². The molecule has 4 heteroatoms. The van der Waals surface area contributed by atoms with Crippen molar-refractivity contribution in [3.63, 3.8) is 0 Å². The molecule has 3 rings (SSSR count). The first kappa shape index (κ1) is 11.0. The number of nitrogens with zero attached hydrogens (tertiary/aromatic N) is 1. The fourth-order valence-electron chi connectivity index (χ4n) is 2.02. The Labute approximate surface area is 108 Å². The van der Waals surface area contributed by atoms with Crippen molar-refractivity contribution in [2.45, 2.75) is 6.54 Å². The number of benzene rings is 1. The van der Waals surface area contributed by atoms with Crippen molar-refractivity contribution in [3.05, 3.63) is 58.4 Å². The van der Waals surface area contributed by atoms with Gasteiger partial charge in [0.05, 0.1) is 6.54 Å². The Morgan fingerprint density at radius 2 is 2.00 bits per heavy atom. The summed E-state index contributed by atoms with van der Waals surface area (Å²) in [7, 11) is 0. The van der Waals surface area contributed by atoms with Crippen molar-refractivity contribution in [1.82, 2.24) is 4.57 Å². The molecule has 0 aliphatic heterocycles. The van der Waals surface area contributed by atoms with Crippen LogP contribution in [-0.2, 0) is 6.54 Å². The summed E-state index contributed by atoms with van der Waals surface area (Å²) in [5.74, 6) is -0.858. The number of para-hydroxylation sites is 1. The molecule has 0 amide bonds. The lowest BCUT2D eigenvalue weighted by Gasteiger charge is -2.02. The maximum atomic E-state index is 10.8. The molecule has 0 saturated heterocycles. The molecule has 0 atom stereocenters. The molecule has 90 valence electrons. The number of hydrogen-bond acceptors (Lipinski definition) is 2. The molecular weight excluding hydrogens is 246 g/mol. The van der Waals surface area contributed by atoms with Crippen LogP contribution in [0.2, 0.25) is 0 Å². The maximum Gasteiger partial charge on any atom is 0.345 e. The molecule has 0 aliphatic carbocycles. The fraction of sp³-hybridized carbons (Fsp3) is 0.0714. The second-order valence-electron chi connectivity index (χ2n) is 4.07. The van der Waals surface area contributed by atoms with Crippen LogP contribution in [0.25, 0.3) is 10.9 Å². The summed E-state index contributed by atoms with van der Waals surface area (Å²) in [5.41, 5.74) is 1.17. The monoisotopic (exact) mass is 257 g/mol. The molecule has 0 saturated carbocycles. The van der Waals surface area contributed by atoms with Crippen LogP contribution >= 0.6 is 11.3 Å². The highest BCUT2D eigenvalue weighted by Crippen LogP contribution is 2.21. The number of thiophene rings is 1. The minimum Gasteiger partial charge on any atom is -0.477 e. The van der Waals surface area contributed by atoms with Crippen molar-refractivity contribution < 1.29 is 9.90 Å². The van der Waals surface area contributed by atoms with Crippen LogP contribution in [0, 0.1) is 0 Å². The van der Waals surface area contributed by atoms with Crippen molar-refractivity contribution in [3.8, 4) is 0 Å². The van der Waals surface area contributed by atoms with Crippen LogP contribution < -0.4 is 0 Å². The third-order valence-electron chi connectivity index (χ3n) is 2.88. The highest BCUT2D eigenvalue weighted by atomic mass is 32.1. The van der Waals surface area contributed by atoms with Gasteiger partial charge in [0.25, 0.3) is 0 Å². The van der Waals surface area contributed by atoms with Gasteiger partial charge in [-0.1, -0.05) is 18.2 Å². The fourth-order valence-corrected chi connectivity index (χ4v) is 2.87. The smallest absolute Gasteiger partial charge is 0.345 e. The first-order chi connectivity index (χ1) is 8.74. The largest absolute Gasteiger partial charge is 0.477 e. The molecule has 2 aromatic heterocycles. The summed E-state index contributed by atoms with van der Waals surface area (Å²) in [5, 5.41) is 10.1. The highest BCUT2D eigenvalue weighted by molar-refractivity contribution is 7.13. The van der Waals surface area contributed by atoms with E-state index in [1.165, 1.54) is 22.2 Å². The lowest BCUT2D eigenvalue weighted by Crippen LogP contribution is -1.95. The first-order valence-corrected chi connectivity index (χ1v) is 6.41. The first-order valence-electron chi connectivity index (χ1n) is 5.60. The van der Waals surface area contributed by atoms with Crippen LogP contribution in [-0.4, -0.2) is 15.6 Å². The van der Waals surface area contributed by atoms with Crippen molar-refractivity contribution in [1.29, 1.82) is 0 Å². The molecule has 1 N–H and O–H groups in total. The van der Waals surface area contributed by atoms with Crippen LogP contribution in [0.3, 0.4) is 0 Å². The van der Waals surface area contributed by atoms with E-state index in [9.17, 15) is 4.79 Å². The van der Waals surface area contributed by atoms with Crippen LogP contribution in [0.4, 0.5) is 0 Å². The maximum absolute atomic E-state index is 10.8. The third-order valence-corrected chi connectivity index (χ3v) is 3.94. The minimum absolute atomic E-state index is 0.390. The number of carboxylic acid groups (broad SMARTS) is 1. The van der Waals surface area contributed by atoms with Gasteiger partial charge in [0.2, 0.25) is 0 Å². The zero-order valence-corrected chi connectivity index (χ0v) is 10.4. The molecule has 0 spiro atoms. The van der Waals surface area contributed by atoms with E-state index in [1.54, 1.807) is 6.07 Å². The van der Waals surface area contributed by atoms with Gasteiger partial charge in [-0.3, -0.25) is 0 Å². The van der Waals surface area contributed by atoms with Gasteiger partial charge in [-0.15, -0.1) is 11.3 Å². The topological polar surface area (TPSA) is 42.2 Å². The molecule has 2 heterocycles. The number of fused-ring (bicyclic) bond motifs is 1. The van der Waals surface area contributed by atoms with Crippen LogP contribution in [0.1, 0.15) is 14.5 Å². The molecule has 0 unspecified atom stereocenters. The zero-order chi connectivity index (χ0) is 12.5. The summed E-state index contributed by atoms with van der Waals surface area (Å²) in [6, 6.07) is 13.8. The quantitative estimate of drug-likeness (QED) is 0.780. The van der Waals surface area contributed by atoms with Crippen molar-refractivity contribution in [2.24, 2.45) is 0 Å². The van der Waals surface area contributed by atoms with E-state index in [2.05, 4.69) is 22.8 Å². The third kappa shape index (κ3) is 1.91. The molecular formula is C14H11NO2S. The van der Waals surface area contributed by atoms with Crippen LogP contribution in [0.5, 0.6) is 0 Å². The Hall–Kier alpha value is -2.07.